The molecule has 112 valence electrons. The van der Waals surface area contributed by atoms with E-state index in [1.54, 1.807) is 6.07 Å². The maximum absolute atomic E-state index is 13.3. The van der Waals surface area contributed by atoms with Gasteiger partial charge in [-0.2, -0.15) is 0 Å². The Hall–Kier alpha value is -1.58. The minimum atomic E-state index is -0.423. The highest BCUT2D eigenvalue weighted by Crippen LogP contribution is 2.18. The molecule has 0 aliphatic carbocycles. The van der Waals surface area contributed by atoms with Gasteiger partial charge < -0.3 is 10.1 Å². The normalized spacial score (nSPS) is 10.9. The quantitative estimate of drug-likeness (QED) is 0.845. The molecule has 0 amide bonds. The summed E-state index contributed by atoms with van der Waals surface area (Å²) in [7, 11) is 0. The molecule has 0 heterocycles. The van der Waals surface area contributed by atoms with E-state index in [0.29, 0.717) is 12.6 Å². The molecule has 0 aliphatic rings. The summed E-state index contributed by atoms with van der Waals surface area (Å²) in [5, 5.41) is 3.48. The molecule has 0 bridgehead atoms. The van der Waals surface area contributed by atoms with Crippen molar-refractivity contribution in [3.05, 3.63) is 64.4 Å². The smallest absolute Gasteiger partial charge is 0.142 e. The summed E-state index contributed by atoms with van der Waals surface area (Å²) in [6, 6.07) is 13.0. The molecule has 0 saturated heterocycles. The molecule has 0 spiro atoms. The summed E-state index contributed by atoms with van der Waals surface area (Å²) in [6.07, 6.45) is 0. The van der Waals surface area contributed by atoms with Crippen LogP contribution in [-0.2, 0) is 13.2 Å². The van der Waals surface area contributed by atoms with Crippen LogP contribution in [-0.4, -0.2) is 6.04 Å². The van der Waals surface area contributed by atoms with Crippen LogP contribution in [0.3, 0.4) is 0 Å². The highest BCUT2D eigenvalue weighted by atomic mass is 35.5. The monoisotopic (exact) mass is 307 g/mol. The Morgan fingerprint density at radius 1 is 1.10 bits per heavy atom. The highest BCUT2D eigenvalue weighted by molar-refractivity contribution is 6.30. The topological polar surface area (TPSA) is 21.3 Å². The van der Waals surface area contributed by atoms with Crippen molar-refractivity contribution in [3.8, 4) is 5.75 Å². The standard InChI is InChI=1S/C17H19ClFNO/c1-12(2)20-10-13-3-6-15(7-4-13)21-11-14-5-8-16(18)17(19)9-14/h3-9,12,20H,10-11H2,1-2H3. The zero-order valence-electron chi connectivity index (χ0n) is 12.2. The van der Waals surface area contributed by atoms with Gasteiger partial charge in [0.1, 0.15) is 18.2 Å². The number of halogens is 2. The van der Waals surface area contributed by atoms with E-state index in [4.69, 9.17) is 16.3 Å². The van der Waals surface area contributed by atoms with Gasteiger partial charge in [-0.15, -0.1) is 0 Å². The summed E-state index contributed by atoms with van der Waals surface area (Å²) in [5.74, 6) is 0.339. The van der Waals surface area contributed by atoms with Gasteiger partial charge in [-0.25, -0.2) is 4.39 Å². The molecule has 0 radical (unpaired) electrons. The van der Waals surface area contributed by atoms with Crippen molar-refractivity contribution < 1.29 is 9.13 Å². The van der Waals surface area contributed by atoms with Crippen LogP contribution < -0.4 is 10.1 Å². The molecule has 4 heteroatoms. The Balaban J connectivity index is 1.89. The molecule has 2 rings (SSSR count). The molecular weight excluding hydrogens is 289 g/mol. The van der Waals surface area contributed by atoms with Crippen LogP contribution in [0.15, 0.2) is 42.5 Å². The van der Waals surface area contributed by atoms with E-state index in [-0.39, 0.29) is 5.02 Å². The summed E-state index contributed by atoms with van der Waals surface area (Å²) in [4.78, 5) is 0. The first kappa shape index (κ1) is 15.8. The predicted molar refractivity (Wildman–Crippen MR) is 84.2 cm³/mol. The van der Waals surface area contributed by atoms with Crippen LogP contribution in [0.4, 0.5) is 4.39 Å². The van der Waals surface area contributed by atoms with Gasteiger partial charge in [-0.3, -0.25) is 0 Å². The summed E-state index contributed by atoms with van der Waals surface area (Å²) >= 11 is 5.65. The molecule has 0 aromatic heterocycles. The van der Waals surface area contributed by atoms with Crippen LogP contribution in [0.25, 0.3) is 0 Å². The average molecular weight is 308 g/mol. The van der Waals surface area contributed by atoms with Gasteiger partial charge in [0.15, 0.2) is 0 Å². The lowest BCUT2D eigenvalue weighted by molar-refractivity contribution is 0.305. The van der Waals surface area contributed by atoms with E-state index >= 15 is 0 Å². The van der Waals surface area contributed by atoms with E-state index < -0.39 is 5.82 Å². The first-order valence-corrected chi connectivity index (χ1v) is 7.31. The SMILES string of the molecule is CC(C)NCc1ccc(OCc2ccc(Cl)c(F)c2)cc1. The minimum absolute atomic E-state index is 0.126. The Kier molecular flexibility index (Phi) is 5.59. The second-order valence-corrected chi connectivity index (χ2v) is 5.62. The molecule has 1 N–H and O–H groups in total. The maximum Gasteiger partial charge on any atom is 0.142 e. The molecule has 0 saturated carbocycles. The fraction of sp³-hybridized carbons (Fsp3) is 0.294. The molecule has 0 atom stereocenters. The zero-order valence-corrected chi connectivity index (χ0v) is 13.0. The number of nitrogens with one attached hydrogen (secondary N) is 1. The van der Waals surface area contributed by atoms with Crippen molar-refractivity contribution in [3.63, 3.8) is 0 Å². The van der Waals surface area contributed by atoms with Gasteiger partial charge in [0, 0.05) is 12.6 Å². The number of hydrogen-bond acceptors (Lipinski definition) is 2. The van der Waals surface area contributed by atoms with Crippen molar-refractivity contribution in [2.24, 2.45) is 0 Å². The third-order valence-electron chi connectivity index (χ3n) is 3.03. The van der Waals surface area contributed by atoms with Gasteiger partial charge in [0.05, 0.1) is 5.02 Å². The Morgan fingerprint density at radius 3 is 2.38 bits per heavy atom. The predicted octanol–water partition coefficient (Wildman–Crippen LogP) is 4.56. The van der Waals surface area contributed by atoms with Crippen molar-refractivity contribution in [2.45, 2.75) is 33.0 Å². The molecule has 2 nitrogen and oxygen atoms in total. The van der Waals surface area contributed by atoms with Gasteiger partial charge in [-0.1, -0.05) is 43.6 Å². The number of benzene rings is 2. The number of hydrogen-bond donors (Lipinski definition) is 1. The van der Waals surface area contributed by atoms with Crippen molar-refractivity contribution in [1.29, 1.82) is 0 Å². The maximum atomic E-state index is 13.3. The van der Waals surface area contributed by atoms with Crippen LogP contribution in [0.2, 0.25) is 5.02 Å². The van der Waals surface area contributed by atoms with Crippen LogP contribution >= 0.6 is 11.6 Å². The molecule has 0 fully saturated rings. The first-order valence-electron chi connectivity index (χ1n) is 6.93. The average Bonchev–Trinajstić information content (AvgIpc) is 2.47. The number of ether oxygens (including phenoxy) is 1. The lowest BCUT2D eigenvalue weighted by Gasteiger charge is -2.10. The van der Waals surface area contributed by atoms with Crippen LogP contribution in [0.5, 0.6) is 5.75 Å². The Bertz CT molecular complexity index is 584. The minimum Gasteiger partial charge on any atom is -0.489 e. The molecule has 0 aliphatic heterocycles. The molecule has 21 heavy (non-hydrogen) atoms. The summed E-state index contributed by atoms with van der Waals surface area (Å²) < 4.78 is 19.0. The van der Waals surface area contributed by atoms with Gasteiger partial charge in [-0.05, 0) is 35.4 Å². The molecule has 2 aromatic carbocycles. The van der Waals surface area contributed by atoms with E-state index in [0.717, 1.165) is 17.9 Å². The lowest BCUT2D eigenvalue weighted by Crippen LogP contribution is -2.21. The second kappa shape index (κ2) is 7.43. The fourth-order valence-electron chi connectivity index (χ4n) is 1.82. The van der Waals surface area contributed by atoms with E-state index in [2.05, 4.69) is 19.2 Å². The first-order chi connectivity index (χ1) is 10.0. The Labute approximate surface area is 129 Å². The molecular formula is C17H19ClFNO. The Morgan fingerprint density at radius 2 is 1.76 bits per heavy atom. The van der Waals surface area contributed by atoms with Gasteiger partial charge in [0.25, 0.3) is 0 Å². The number of rotatable bonds is 6. The lowest BCUT2D eigenvalue weighted by atomic mass is 10.2. The fourth-order valence-corrected chi connectivity index (χ4v) is 1.94. The third kappa shape index (κ3) is 5.03. The summed E-state index contributed by atoms with van der Waals surface area (Å²) in [6.45, 7) is 5.38. The van der Waals surface area contributed by atoms with Gasteiger partial charge >= 0.3 is 0 Å². The van der Waals surface area contributed by atoms with E-state index in [1.165, 1.54) is 17.7 Å². The molecule has 2 aromatic rings. The summed E-state index contributed by atoms with van der Waals surface area (Å²) in [5.41, 5.74) is 1.95. The largest absolute Gasteiger partial charge is 0.489 e. The second-order valence-electron chi connectivity index (χ2n) is 5.22. The van der Waals surface area contributed by atoms with Crippen LogP contribution in [0, 0.1) is 5.82 Å². The molecule has 0 unspecified atom stereocenters. The van der Waals surface area contributed by atoms with Crippen molar-refractivity contribution >= 4 is 11.6 Å². The van der Waals surface area contributed by atoms with Crippen molar-refractivity contribution in [1.82, 2.24) is 5.32 Å². The van der Waals surface area contributed by atoms with E-state index in [1.807, 2.05) is 24.3 Å². The van der Waals surface area contributed by atoms with Gasteiger partial charge in [0.2, 0.25) is 0 Å². The highest BCUT2D eigenvalue weighted by Gasteiger charge is 2.02. The van der Waals surface area contributed by atoms with E-state index in [9.17, 15) is 4.39 Å². The van der Waals surface area contributed by atoms with Crippen molar-refractivity contribution in [2.75, 3.05) is 0 Å². The third-order valence-corrected chi connectivity index (χ3v) is 3.33. The van der Waals surface area contributed by atoms with Crippen LogP contribution in [0.1, 0.15) is 25.0 Å². The zero-order chi connectivity index (χ0) is 15.2.